The van der Waals surface area contributed by atoms with Gasteiger partial charge in [0.2, 0.25) is 0 Å². The Balaban J connectivity index is 1.47. The topological polar surface area (TPSA) is 64.6 Å². The molecule has 0 saturated carbocycles. The summed E-state index contributed by atoms with van der Waals surface area (Å²) < 4.78 is 11.3. The Labute approximate surface area is 208 Å². The van der Waals surface area contributed by atoms with Gasteiger partial charge in [0.15, 0.2) is 0 Å². The zero-order valence-electron chi connectivity index (χ0n) is 21.1. The van der Waals surface area contributed by atoms with Crippen LogP contribution in [0, 0.1) is 19.8 Å². The average Bonchev–Trinajstić information content (AvgIpc) is 2.84. The predicted octanol–water partition coefficient (Wildman–Crippen LogP) is 6.20. The number of rotatable bonds is 11. The summed E-state index contributed by atoms with van der Waals surface area (Å²) in [5.41, 5.74) is 4.89. The van der Waals surface area contributed by atoms with E-state index in [4.69, 9.17) is 9.47 Å². The van der Waals surface area contributed by atoms with Gasteiger partial charge in [0.1, 0.15) is 18.1 Å². The zero-order valence-corrected chi connectivity index (χ0v) is 21.1. The zero-order chi connectivity index (χ0) is 25.2. The molecule has 0 unspecified atom stereocenters. The number of hydrogen-bond acceptors (Lipinski definition) is 4. The van der Waals surface area contributed by atoms with Crippen LogP contribution >= 0.6 is 0 Å². The fraction of sp³-hybridized carbons (Fsp3) is 0.333. The van der Waals surface area contributed by atoms with Crippen LogP contribution in [-0.2, 0) is 17.8 Å². The normalized spacial score (nSPS) is 10.8. The molecule has 0 bridgehead atoms. The van der Waals surface area contributed by atoms with Gasteiger partial charge in [-0.1, -0.05) is 56.3 Å². The number of esters is 1. The summed E-state index contributed by atoms with van der Waals surface area (Å²) in [5.74, 6) is 1.46. The van der Waals surface area contributed by atoms with E-state index in [1.165, 1.54) is 5.56 Å². The number of amides is 1. The van der Waals surface area contributed by atoms with Crippen LogP contribution < -0.4 is 14.8 Å². The third-order valence-corrected chi connectivity index (χ3v) is 5.86. The van der Waals surface area contributed by atoms with Crippen molar-refractivity contribution < 1.29 is 19.1 Å². The number of benzene rings is 3. The Morgan fingerprint density at radius 3 is 2.23 bits per heavy atom. The predicted molar refractivity (Wildman–Crippen MR) is 139 cm³/mol. The highest BCUT2D eigenvalue weighted by Gasteiger charge is 2.14. The third-order valence-electron chi connectivity index (χ3n) is 5.86. The van der Waals surface area contributed by atoms with E-state index < -0.39 is 0 Å². The summed E-state index contributed by atoms with van der Waals surface area (Å²) in [6.07, 6.45) is 1.81. The molecule has 35 heavy (non-hydrogen) atoms. The number of nitrogens with one attached hydrogen (secondary N) is 1. The standard InChI is InChI=1S/C30H35NO4/c1-21(2)19-24-12-14-25(15-13-24)20-34-28-17-16-27(22(3)23(28)4)30(33)31-18-8-11-29(32)35-26-9-6-5-7-10-26/h5-7,9-10,12-17,21H,8,11,18-20H2,1-4H3,(H,31,33). The highest BCUT2D eigenvalue weighted by atomic mass is 16.5. The van der Waals surface area contributed by atoms with E-state index in [1.807, 2.05) is 38.1 Å². The molecule has 3 aromatic rings. The van der Waals surface area contributed by atoms with Crippen molar-refractivity contribution in [2.75, 3.05) is 6.54 Å². The molecule has 0 saturated heterocycles. The van der Waals surface area contributed by atoms with Crippen molar-refractivity contribution in [3.05, 3.63) is 94.5 Å². The second-order valence-corrected chi connectivity index (χ2v) is 9.21. The van der Waals surface area contributed by atoms with Crippen molar-refractivity contribution in [3.63, 3.8) is 0 Å². The molecular weight excluding hydrogens is 438 g/mol. The molecule has 0 aliphatic heterocycles. The first-order chi connectivity index (χ1) is 16.8. The Morgan fingerprint density at radius 2 is 1.54 bits per heavy atom. The second-order valence-electron chi connectivity index (χ2n) is 9.21. The Morgan fingerprint density at radius 1 is 0.857 bits per heavy atom. The molecule has 0 atom stereocenters. The van der Waals surface area contributed by atoms with Crippen molar-refractivity contribution in [2.24, 2.45) is 5.92 Å². The van der Waals surface area contributed by atoms with Crippen molar-refractivity contribution in [1.29, 1.82) is 0 Å². The van der Waals surface area contributed by atoms with E-state index in [1.54, 1.807) is 18.2 Å². The maximum atomic E-state index is 12.7. The Hall–Kier alpha value is -3.60. The van der Waals surface area contributed by atoms with Crippen molar-refractivity contribution in [3.8, 4) is 11.5 Å². The molecule has 5 heteroatoms. The molecule has 0 spiro atoms. The fourth-order valence-corrected chi connectivity index (χ4v) is 3.80. The third kappa shape index (κ3) is 7.99. The van der Waals surface area contributed by atoms with Crippen molar-refractivity contribution in [1.82, 2.24) is 5.32 Å². The fourth-order valence-electron chi connectivity index (χ4n) is 3.80. The molecule has 5 nitrogen and oxygen atoms in total. The molecule has 0 aromatic heterocycles. The van der Waals surface area contributed by atoms with Gasteiger partial charge < -0.3 is 14.8 Å². The lowest BCUT2D eigenvalue weighted by molar-refractivity contribution is -0.134. The van der Waals surface area contributed by atoms with Crippen LogP contribution in [0.4, 0.5) is 0 Å². The number of para-hydroxylation sites is 1. The van der Waals surface area contributed by atoms with Gasteiger partial charge in [-0.25, -0.2) is 0 Å². The van der Waals surface area contributed by atoms with Crippen LogP contribution in [0.1, 0.15) is 59.3 Å². The van der Waals surface area contributed by atoms with Gasteiger partial charge in [-0.2, -0.15) is 0 Å². The molecule has 1 amide bonds. The lowest BCUT2D eigenvalue weighted by Gasteiger charge is -2.15. The minimum Gasteiger partial charge on any atom is -0.489 e. The summed E-state index contributed by atoms with van der Waals surface area (Å²) in [7, 11) is 0. The first kappa shape index (κ1) is 26.0. The molecule has 0 radical (unpaired) electrons. The molecule has 184 valence electrons. The van der Waals surface area contributed by atoms with Crippen molar-refractivity contribution in [2.45, 2.75) is 53.6 Å². The number of hydrogen-bond donors (Lipinski definition) is 1. The average molecular weight is 474 g/mol. The van der Waals surface area contributed by atoms with Crippen LogP contribution in [0.15, 0.2) is 66.7 Å². The van der Waals surface area contributed by atoms with Gasteiger partial charge in [0.05, 0.1) is 0 Å². The van der Waals surface area contributed by atoms with E-state index in [9.17, 15) is 9.59 Å². The second kappa shape index (κ2) is 12.7. The van der Waals surface area contributed by atoms with Gasteiger partial charge in [0.25, 0.3) is 5.91 Å². The van der Waals surface area contributed by atoms with E-state index in [-0.39, 0.29) is 18.3 Å². The molecule has 3 aromatic carbocycles. The Bertz CT molecular complexity index is 1120. The summed E-state index contributed by atoms with van der Waals surface area (Å²) in [5, 5.41) is 2.89. The van der Waals surface area contributed by atoms with E-state index >= 15 is 0 Å². The molecule has 0 aliphatic carbocycles. The number of carbonyl (C=O) groups excluding carboxylic acids is 2. The van der Waals surface area contributed by atoms with Crippen LogP contribution in [0.2, 0.25) is 0 Å². The van der Waals surface area contributed by atoms with Crippen LogP contribution in [0.5, 0.6) is 11.5 Å². The van der Waals surface area contributed by atoms with Gasteiger partial charge in [-0.3, -0.25) is 9.59 Å². The summed E-state index contributed by atoms with van der Waals surface area (Å²) in [6, 6.07) is 21.1. The Kier molecular flexibility index (Phi) is 9.47. The minimum atomic E-state index is -0.312. The number of carbonyl (C=O) groups is 2. The van der Waals surface area contributed by atoms with E-state index in [0.29, 0.717) is 36.8 Å². The molecular formula is C30H35NO4. The van der Waals surface area contributed by atoms with Crippen LogP contribution in [0.3, 0.4) is 0 Å². The van der Waals surface area contributed by atoms with Crippen LogP contribution in [-0.4, -0.2) is 18.4 Å². The maximum Gasteiger partial charge on any atom is 0.311 e. The molecule has 0 fully saturated rings. The van der Waals surface area contributed by atoms with Crippen LogP contribution in [0.25, 0.3) is 0 Å². The summed E-state index contributed by atoms with van der Waals surface area (Å²) in [6.45, 7) is 9.20. The van der Waals surface area contributed by atoms with Gasteiger partial charge in [-0.05, 0) is 79.1 Å². The molecule has 1 N–H and O–H groups in total. The SMILES string of the molecule is Cc1c(OCc2ccc(CC(C)C)cc2)ccc(C(=O)NCCCC(=O)Oc2ccccc2)c1C. The first-order valence-corrected chi connectivity index (χ1v) is 12.2. The molecule has 0 heterocycles. The smallest absolute Gasteiger partial charge is 0.311 e. The lowest BCUT2D eigenvalue weighted by atomic mass is 10.0. The monoisotopic (exact) mass is 473 g/mol. The largest absolute Gasteiger partial charge is 0.489 e. The molecule has 0 aliphatic rings. The first-order valence-electron chi connectivity index (χ1n) is 12.2. The van der Waals surface area contributed by atoms with E-state index in [2.05, 4.69) is 43.4 Å². The summed E-state index contributed by atoms with van der Waals surface area (Å²) >= 11 is 0. The van der Waals surface area contributed by atoms with Gasteiger partial charge in [0, 0.05) is 18.5 Å². The number of ether oxygens (including phenoxy) is 2. The quantitative estimate of drug-likeness (QED) is 0.205. The summed E-state index contributed by atoms with van der Waals surface area (Å²) in [4.78, 5) is 24.6. The minimum absolute atomic E-state index is 0.158. The maximum absolute atomic E-state index is 12.7. The highest BCUT2D eigenvalue weighted by Crippen LogP contribution is 2.25. The van der Waals surface area contributed by atoms with Crippen molar-refractivity contribution >= 4 is 11.9 Å². The lowest BCUT2D eigenvalue weighted by Crippen LogP contribution is -2.26. The molecule has 3 rings (SSSR count). The van der Waals surface area contributed by atoms with Gasteiger partial charge >= 0.3 is 5.97 Å². The van der Waals surface area contributed by atoms with Gasteiger partial charge in [-0.15, -0.1) is 0 Å². The van der Waals surface area contributed by atoms with E-state index in [0.717, 1.165) is 28.9 Å². The highest BCUT2D eigenvalue weighted by molar-refractivity contribution is 5.96.